The van der Waals surface area contributed by atoms with Gasteiger partial charge < -0.3 is 14.4 Å². The van der Waals surface area contributed by atoms with Crippen molar-refractivity contribution in [1.29, 1.82) is 0 Å². The number of likely N-dealkylation sites (tertiary alicyclic amines) is 1. The Morgan fingerprint density at radius 3 is 2.15 bits per heavy atom. The van der Waals surface area contributed by atoms with Gasteiger partial charge in [0, 0.05) is 80.7 Å². The summed E-state index contributed by atoms with van der Waals surface area (Å²) in [6, 6.07) is 8.28. The first-order valence-electron chi connectivity index (χ1n) is 12.6. The van der Waals surface area contributed by atoms with Crippen molar-refractivity contribution in [1.82, 2.24) is 19.3 Å². The van der Waals surface area contributed by atoms with E-state index in [0.29, 0.717) is 30.4 Å². The van der Waals surface area contributed by atoms with Gasteiger partial charge in [0.1, 0.15) is 5.69 Å². The van der Waals surface area contributed by atoms with Crippen molar-refractivity contribution in [2.24, 2.45) is 0 Å². The molecule has 0 unspecified atom stereocenters. The number of fused-ring (bicyclic) bond motifs is 1. The highest BCUT2D eigenvalue weighted by molar-refractivity contribution is 6.02. The molecule has 2 aliphatic heterocycles. The lowest BCUT2D eigenvalue weighted by molar-refractivity contribution is -0.0496. The maximum absolute atomic E-state index is 13.6. The van der Waals surface area contributed by atoms with Crippen LogP contribution >= 0.6 is 0 Å². The lowest BCUT2D eigenvalue weighted by Crippen LogP contribution is -2.50. The number of hydrogen-bond acceptors (Lipinski definition) is 3. The van der Waals surface area contributed by atoms with Crippen molar-refractivity contribution in [3.8, 4) is 0 Å². The van der Waals surface area contributed by atoms with Crippen molar-refractivity contribution in [3.63, 3.8) is 0 Å². The number of piperazine rings is 1. The highest BCUT2D eigenvalue weighted by atomic mass is 19.3. The van der Waals surface area contributed by atoms with Crippen molar-refractivity contribution < 1.29 is 18.4 Å². The highest BCUT2D eigenvalue weighted by Gasteiger charge is 2.37. The number of amides is 2. The normalized spacial score (nSPS) is 21.8. The van der Waals surface area contributed by atoms with Crippen molar-refractivity contribution in [2.75, 3.05) is 39.3 Å². The summed E-state index contributed by atoms with van der Waals surface area (Å²) in [5.74, 6) is -2.85. The van der Waals surface area contributed by atoms with Gasteiger partial charge in [0.15, 0.2) is 0 Å². The van der Waals surface area contributed by atoms with E-state index in [1.165, 1.54) is 0 Å². The lowest BCUT2D eigenvalue weighted by atomic mass is 9.92. The summed E-state index contributed by atoms with van der Waals surface area (Å²) in [5, 5.41) is 0.865. The third-order valence-corrected chi connectivity index (χ3v) is 7.86. The van der Waals surface area contributed by atoms with Crippen LogP contribution in [0.15, 0.2) is 24.3 Å². The fraction of sp³-hybridized carbons (Fsp3) is 0.615. The molecule has 6 nitrogen and oxygen atoms in total. The van der Waals surface area contributed by atoms with E-state index in [1.807, 2.05) is 29.2 Å². The van der Waals surface area contributed by atoms with E-state index in [9.17, 15) is 18.4 Å². The lowest BCUT2D eigenvalue weighted by Gasteiger charge is -2.37. The number of alkyl halides is 2. The van der Waals surface area contributed by atoms with Gasteiger partial charge in [0.2, 0.25) is 0 Å². The number of carbonyl (C=O) groups is 2. The Morgan fingerprint density at radius 1 is 0.912 bits per heavy atom. The third-order valence-electron chi connectivity index (χ3n) is 7.86. The van der Waals surface area contributed by atoms with Crippen LogP contribution in [0.2, 0.25) is 0 Å². The Labute approximate surface area is 199 Å². The van der Waals surface area contributed by atoms with Gasteiger partial charge in [-0.05, 0) is 57.4 Å². The van der Waals surface area contributed by atoms with E-state index in [0.717, 1.165) is 43.3 Å². The second-order valence-electron chi connectivity index (χ2n) is 10.3. The molecular weight excluding hydrogens is 438 g/mol. The number of aromatic nitrogens is 1. The largest absolute Gasteiger partial charge is 0.337 e. The Balaban J connectivity index is 1.41. The van der Waals surface area contributed by atoms with Crippen LogP contribution in [-0.2, 0) is 0 Å². The van der Waals surface area contributed by atoms with Gasteiger partial charge in [-0.25, -0.2) is 8.78 Å². The molecule has 2 saturated heterocycles. The van der Waals surface area contributed by atoms with Gasteiger partial charge in [-0.1, -0.05) is 0 Å². The molecule has 8 heteroatoms. The molecule has 2 amide bonds. The van der Waals surface area contributed by atoms with Crippen LogP contribution in [0.25, 0.3) is 10.9 Å². The molecule has 2 aromatic rings. The predicted octanol–water partition coefficient (Wildman–Crippen LogP) is 4.40. The van der Waals surface area contributed by atoms with Crippen LogP contribution in [0.1, 0.15) is 72.8 Å². The Morgan fingerprint density at radius 2 is 1.56 bits per heavy atom. The van der Waals surface area contributed by atoms with Crippen LogP contribution in [0.4, 0.5) is 8.78 Å². The number of piperidine rings is 1. The Kier molecular flexibility index (Phi) is 6.12. The second kappa shape index (κ2) is 8.95. The first-order chi connectivity index (χ1) is 16.2. The summed E-state index contributed by atoms with van der Waals surface area (Å²) < 4.78 is 29.4. The summed E-state index contributed by atoms with van der Waals surface area (Å²) in [5.41, 5.74) is 2.13. The quantitative estimate of drug-likeness (QED) is 0.663. The third kappa shape index (κ3) is 4.32. The van der Waals surface area contributed by atoms with E-state index < -0.39 is 5.92 Å². The van der Waals surface area contributed by atoms with Crippen LogP contribution < -0.4 is 0 Å². The summed E-state index contributed by atoms with van der Waals surface area (Å²) in [6.07, 6.45) is 2.55. The predicted molar refractivity (Wildman–Crippen MR) is 128 cm³/mol. The Bertz CT molecular complexity index is 1070. The highest BCUT2D eigenvalue weighted by Crippen LogP contribution is 2.38. The zero-order valence-corrected chi connectivity index (χ0v) is 20.1. The molecule has 0 bridgehead atoms. The van der Waals surface area contributed by atoms with Gasteiger partial charge in [0.05, 0.1) is 0 Å². The zero-order chi connectivity index (χ0) is 24.0. The number of nitrogens with zero attached hydrogens (tertiary/aromatic N) is 4. The molecule has 1 saturated carbocycles. The molecule has 1 aliphatic carbocycles. The fourth-order valence-corrected chi connectivity index (χ4v) is 5.40. The van der Waals surface area contributed by atoms with Crippen molar-refractivity contribution in [3.05, 3.63) is 35.5 Å². The summed E-state index contributed by atoms with van der Waals surface area (Å²) in [4.78, 5) is 32.4. The molecule has 0 atom stereocenters. The molecule has 184 valence electrons. The molecule has 3 fully saturated rings. The number of carbonyl (C=O) groups excluding carboxylic acids is 2. The zero-order valence-electron chi connectivity index (χ0n) is 20.1. The molecule has 0 spiro atoms. The second-order valence-corrected chi connectivity index (χ2v) is 10.3. The van der Waals surface area contributed by atoms with Crippen LogP contribution in [0.3, 0.4) is 0 Å². The topological polar surface area (TPSA) is 48.8 Å². The van der Waals surface area contributed by atoms with E-state index in [-0.39, 0.29) is 43.8 Å². The van der Waals surface area contributed by atoms with E-state index in [1.54, 1.807) is 4.90 Å². The van der Waals surface area contributed by atoms with Crippen molar-refractivity contribution in [2.45, 2.75) is 64.0 Å². The number of halogens is 2. The van der Waals surface area contributed by atoms with Gasteiger partial charge >= 0.3 is 0 Å². The standard InChI is InChI=1S/C26H34F2N4O2/c1-18(2)29-12-14-31(15-13-29)24(33)19-6-7-22-20(16-19)17-23(32(22)21-4-3-5-21)25(34)30-10-8-26(27,28)9-11-30/h6-7,16-18,21H,3-5,8-15H2,1-2H3. The molecular formula is C26H34F2N4O2. The summed E-state index contributed by atoms with van der Waals surface area (Å²) >= 11 is 0. The average molecular weight is 473 g/mol. The van der Waals surface area contributed by atoms with E-state index in [4.69, 9.17) is 0 Å². The molecule has 0 N–H and O–H groups in total. The smallest absolute Gasteiger partial charge is 0.270 e. The van der Waals surface area contributed by atoms with E-state index >= 15 is 0 Å². The van der Waals surface area contributed by atoms with Gasteiger partial charge in [0.25, 0.3) is 17.7 Å². The van der Waals surface area contributed by atoms with Crippen molar-refractivity contribution >= 4 is 22.7 Å². The minimum atomic E-state index is -2.69. The monoisotopic (exact) mass is 472 g/mol. The maximum atomic E-state index is 13.6. The molecule has 3 heterocycles. The number of hydrogen-bond donors (Lipinski definition) is 0. The van der Waals surface area contributed by atoms with Gasteiger partial charge in [-0.3, -0.25) is 14.5 Å². The molecule has 0 radical (unpaired) electrons. The summed E-state index contributed by atoms with van der Waals surface area (Å²) in [6.45, 7) is 7.66. The maximum Gasteiger partial charge on any atom is 0.270 e. The van der Waals surface area contributed by atoms with Crippen LogP contribution in [0.5, 0.6) is 0 Å². The first kappa shape index (κ1) is 23.3. The number of benzene rings is 1. The van der Waals surface area contributed by atoms with E-state index in [2.05, 4.69) is 23.3 Å². The van der Waals surface area contributed by atoms with Crippen LogP contribution in [0, 0.1) is 0 Å². The molecule has 34 heavy (non-hydrogen) atoms. The molecule has 3 aliphatic rings. The fourth-order valence-electron chi connectivity index (χ4n) is 5.40. The molecule has 1 aromatic heterocycles. The minimum Gasteiger partial charge on any atom is -0.337 e. The average Bonchev–Trinajstić information content (AvgIpc) is 3.15. The Hall–Kier alpha value is -2.48. The summed E-state index contributed by atoms with van der Waals surface area (Å²) in [7, 11) is 0. The SMILES string of the molecule is CC(C)N1CCN(C(=O)c2ccc3c(c2)cc(C(=O)N2CCC(F)(F)CC2)n3C2CCC2)CC1. The number of rotatable bonds is 4. The first-order valence-corrected chi connectivity index (χ1v) is 12.6. The molecule has 1 aromatic carbocycles. The van der Waals surface area contributed by atoms with Crippen LogP contribution in [-0.4, -0.2) is 82.3 Å². The van der Waals surface area contributed by atoms with Gasteiger partial charge in [-0.2, -0.15) is 0 Å². The van der Waals surface area contributed by atoms with Gasteiger partial charge in [-0.15, -0.1) is 0 Å². The minimum absolute atomic E-state index is 0.0211. The molecule has 5 rings (SSSR count).